The van der Waals surface area contributed by atoms with Gasteiger partial charge in [-0.3, -0.25) is 0 Å². The third-order valence-electron chi connectivity index (χ3n) is 5.65. The van der Waals surface area contributed by atoms with Crippen LogP contribution in [0.2, 0.25) is 0 Å². The van der Waals surface area contributed by atoms with E-state index in [0.29, 0.717) is 35.9 Å². The summed E-state index contributed by atoms with van der Waals surface area (Å²) < 4.78 is 16.5. The number of hydrogen-bond donors (Lipinski definition) is 3. The van der Waals surface area contributed by atoms with Crippen LogP contribution in [0.25, 0.3) is 10.8 Å². The smallest absolute Gasteiger partial charge is 0.203 e. The van der Waals surface area contributed by atoms with E-state index in [1.54, 1.807) is 21.3 Å². The summed E-state index contributed by atoms with van der Waals surface area (Å²) in [7, 11) is 4.74. The first-order valence-corrected chi connectivity index (χ1v) is 10.5. The molecule has 0 aliphatic rings. The van der Waals surface area contributed by atoms with E-state index >= 15 is 0 Å². The van der Waals surface area contributed by atoms with Crippen LogP contribution < -0.4 is 31.9 Å². The number of hydrogen-bond acceptors (Lipinski definition) is 6. The molecule has 0 aliphatic heterocycles. The van der Waals surface area contributed by atoms with Gasteiger partial charge in [-0.1, -0.05) is 41.6 Å². The van der Waals surface area contributed by atoms with Crippen LogP contribution in [0.15, 0.2) is 59.8 Å². The second kappa shape index (κ2) is 12.3. The lowest BCUT2D eigenvalue weighted by molar-refractivity contribution is -0.693. The second-order valence-corrected chi connectivity index (χ2v) is 7.62. The van der Waals surface area contributed by atoms with Crippen molar-refractivity contribution in [3.05, 3.63) is 65.7 Å². The van der Waals surface area contributed by atoms with Crippen LogP contribution in [0.1, 0.15) is 30.6 Å². The highest BCUT2D eigenvalue weighted by Gasteiger charge is 2.20. The maximum atomic E-state index is 10.5. The summed E-state index contributed by atoms with van der Waals surface area (Å²) in [4.78, 5) is 0. The Kier molecular flexibility index (Phi) is 9.78. The molecule has 2 atom stereocenters. The molecule has 2 unspecified atom stereocenters. The average molecular weight is 475 g/mol. The van der Waals surface area contributed by atoms with Crippen molar-refractivity contribution in [2.45, 2.75) is 25.5 Å². The number of rotatable bonds is 10. The number of fused-ring (bicyclic) bond motifs is 1. The van der Waals surface area contributed by atoms with Gasteiger partial charge in [-0.2, -0.15) is 0 Å². The zero-order valence-electron chi connectivity index (χ0n) is 19.3. The zero-order chi connectivity index (χ0) is 23.1. The molecule has 0 fully saturated rings. The van der Waals surface area contributed by atoms with Crippen molar-refractivity contribution < 1.29 is 42.2 Å². The monoisotopic (exact) mass is 474 g/mol. The number of nitrogens with two attached hydrogens (primary N) is 1. The lowest BCUT2D eigenvalue weighted by Gasteiger charge is -2.18. The van der Waals surface area contributed by atoms with Crippen LogP contribution in [0.5, 0.6) is 17.2 Å². The van der Waals surface area contributed by atoms with Crippen molar-refractivity contribution in [1.29, 1.82) is 0 Å². The standard InChI is InChI=1S/C25H30N2O5.ClH/c1-16(23(28)17-8-6-5-7-9-17)26-13-12-21(27-29)18-10-11-20-19(14-18)15-22(30-2)25(32-4)24(20)31-3;/h5-11,14-16,23,26,28-29H,12-13H2,1-4H3;1H/b27-21+;. The van der Waals surface area contributed by atoms with Gasteiger partial charge >= 0.3 is 0 Å². The molecule has 0 saturated heterocycles. The van der Waals surface area contributed by atoms with Crippen LogP contribution in [0, 0.1) is 0 Å². The fourth-order valence-corrected chi connectivity index (χ4v) is 3.87. The summed E-state index contributed by atoms with van der Waals surface area (Å²) in [5.41, 5.74) is 2.26. The number of aliphatic hydroxyl groups excluding tert-OH is 1. The number of nitrogens with zero attached hydrogens (tertiary/aromatic N) is 1. The molecule has 33 heavy (non-hydrogen) atoms. The largest absolute Gasteiger partial charge is 1.00 e. The molecular weight excluding hydrogens is 444 g/mol. The number of halogens is 1. The Morgan fingerprint density at radius 2 is 1.67 bits per heavy atom. The number of quaternary nitrogens is 1. The SMILES string of the molecule is COc1cc2cc(/C(CC[NH2+]C(C)C(O)c3ccccc3)=N/O)ccc2c(OC)c1OC.[Cl-]. The molecule has 3 rings (SSSR count). The molecule has 0 spiro atoms. The fraction of sp³-hybridized carbons (Fsp3) is 0.320. The summed E-state index contributed by atoms with van der Waals surface area (Å²) in [6, 6.07) is 17.2. The molecule has 7 nitrogen and oxygen atoms in total. The Morgan fingerprint density at radius 1 is 0.970 bits per heavy atom. The highest BCUT2D eigenvalue weighted by Crippen LogP contribution is 2.43. The van der Waals surface area contributed by atoms with E-state index in [1.165, 1.54) is 0 Å². The lowest BCUT2D eigenvalue weighted by atomic mass is 10.0. The highest BCUT2D eigenvalue weighted by atomic mass is 35.5. The number of benzene rings is 3. The molecule has 0 radical (unpaired) electrons. The predicted molar refractivity (Wildman–Crippen MR) is 124 cm³/mol. The Morgan fingerprint density at radius 3 is 2.27 bits per heavy atom. The first-order valence-electron chi connectivity index (χ1n) is 10.5. The second-order valence-electron chi connectivity index (χ2n) is 7.62. The van der Waals surface area contributed by atoms with Gasteiger partial charge < -0.3 is 42.2 Å². The molecule has 0 amide bonds. The van der Waals surface area contributed by atoms with E-state index in [0.717, 1.165) is 21.9 Å². The van der Waals surface area contributed by atoms with Gasteiger partial charge in [-0.25, -0.2) is 0 Å². The third-order valence-corrected chi connectivity index (χ3v) is 5.65. The minimum Gasteiger partial charge on any atom is -1.00 e. The molecular formula is C25H31ClN2O5. The molecule has 0 aliphatic carbocycles. The molecule has 8 heteroatoms. The van der Waals surface area contributed by atoms with Gasteiger partial charge in [0.2, 0.25) is 5.75 Å². The molecule has 0 heterocycles. The Balaban J connectivity index is 0.00000385. The van der Waals surface area contributed by atoms with Crippen LogP contribution >= 0.6 is 0 Å². The summed E-state index contributed by atoms with van der Waals surface area (Å²) >= 11 is 0. The topological polar surface area (TPSA) is 97.1 Å². The normalized spacial score (nSPS) is 13.2. The van der Waals surface area contributed by atoms with Crippen LogP contribution in [-0.2, 0) is 0 Å². The van der Waals surface area contributed by atoms with Crippen LogP contribution in [-0.4, -0.2) is 49.9 Å². The average Bonchev–Trinajstić information content (AvgIpc) is 2.84. The van der Waals surface area contributed by atoms with Gasteiger partial charge in [0.15, 0.2) is 11.5 Å². The number of methoxy groups -OCH3 is 3. The van der Waals surface area contributed by atoms with E-state index < -0.39 is 6.10 Å². The van der Waals surface area contributed by atoms with Gasteiger partial charge in [-0.05, 0) is 36.1 Å². The van der Waals surface area contributed by atoms with Gasteiger partial charge in [0.25, 0.3) is 0 Å². The molecule has 178 valence electrons. The third kappa shape index (κ3) is 5.87. The first-order chi connectivity index (χ1) is 15.5. The van der Waals surface area contributed by atoms with Gasteiger partial charge in [0, 0.05) is 17.4 Å². The fourth-order valence-electron chi connectivity index (χ4n) is 3.87. The van der Waals surface area contributed by atoms with Crippen molar-refractivity contribution in [1.82, 2.24) is 0 Å². The predicted octanol–water partition coefficient (Wildman–Crippen LogP) is 0.124. The summed E-state index contributed by atoms with van der Waals surface area (Å²) in [6.07, 6.45) is -0.0283. The molecule has 3 aromatic rings. The van der Waals surface area contributed by atoms with Crippen molar-refractivity contribution in [2.75, 3.05) is 27.9 Å². The maximum Gasteiger partial charge on any atom is 0.203 e. The number of ether oxygens (including phenoxy) is 3. The van der Waals surface area contributed by atoms with E-state index in [4.69, 9.17) is 14.2 Å². The van der Waals surface area contributed by atoms with Crippen molar-refractivity contribution >= 4 is 16.5 Å². The number of oxime groups is 1. The quantitative estimate of drug-likeness (QED) is 0.220. The lowest BCUT2D eigenvalue weighted by Crippen LogP contribution is -3.00. The summed E-state index contributed by atoms with van der Waals surface area (Å²) in [6.45, 7) is 2.65. The van der Waals surface area contributed by atoms with E-state index in [1.807, 2.05) is 61.5 Å². The minimum absolute atomic E-state index is 0. The highest BCUT2D eigenvalue weighted by molar-refractivity contribution is 6.04. The van der Waals surface area contributed by atoms with Crippen molar-refractivity contribution in [3.8, 4) is 17.2 Å². The van der Waals surface area contributed by atoms with Crippen LogP contribution in [0.3, 0.4) is 0 Å². The molecule has 0 bridgehead atoms. The van der Waals surface area contributed by atoms with Crippen LogP contribution in [0.4, 0.5) is 0 Å². The minimum atomic E-state index is -0.568. The van der Waals surface area contributed by atoms with Gasteiger partial charge in [0.05, 0.1) is 33.6 Å². The summed E-state index contributed by atoms with van der Waals surface area (Å²) in [5.74, 6) is 1.69. The number of aliphatic hydroxyl groups is 1. The van der Waals surface area contributed by atoms with Gasteiger partial charge in [-0.15, -0.1) is 0 Å². The molecule has 0 aromatic heterocycles. The molecule has 4 N–H and O–H groups in total. The van der Waals surface area contributed by atoms with E-state index in [9.17, 15) is 10.3 Å². The first kappa shape index (κ1) is 26.3. The van der Waals surface area contributed by atoms with E-state index in [-0.39, 0.29) is 18.4 Å². The zero-order valence-corrected chi connectivity index (χ0v) is 20.0. The Bertz CT molecular complexity index is 1080. The van der Waals surface area contributed by atoms with Crippen molar-refractivity contribution in [2.24, 2.45) is 5.16 Å². The van der Waals surface area contributed by atoms with Gasteiger partial charge in [0.1, 0.15) is 12.1 Å². The molecule has 3 aromatic carbocycles. The van der Waals surface area contributed by atoms with Crippen molar-refractivity contribution in [3.63, 3.8) is 0 Å². The Labute approximate surface area is 200 Å². The Hall–Kier alpha value is -3.00. The van der Waals surface area contributed by atoms with E-state index in [2.05, 4.69) is 10.5 Å². The summed E-state index contributed by atoms with van der Waals surface area (Å²) in [5, 5.41) is 27.5. The maximum absolute atomic E-state index is 10.5. The molecule has 0 saturated carbocycles.